The van der Waals surface area contributed by atoms with E-state index in [9.17, 15) is 0 Å². The van der Waals surface area contributed by atoms with Gasteiger partial charge in [-0.1, -0.05) is 12.1 Å². The first-order valence-corrected chi connectivity index (χ1v) is 8.41. The minimum atomic E-state index is 0.363. The number of benzene rings is 1. The van der Waals surface area contributed by atoms with Crippen molar-refractivity contribution < 1.29 is 0 Å². The largest absolute Gasteiger partial charge is 0.367 e. The average molecular weight is 292 g/mol. The molecule has 1 aromatic heterocycles. The Morgan fingerprint density at radius 3 is 2.68 bits per heavy atom. The van der Waals surface area contributed by atoms with E-state index in [2.05, 4.69) is 60.8 Å². The van der Waals surface area contributed by atoms with Gasteiger partial charge in [0.1, 0.15) is 0 Å². The topological polar surface area (TPSA) is 29.3 Å². The normalized spacial score (nSPS) is 12.4. The molecule has 1 atom stereocenters. The monoisotopic (exact) mass is 292 g/mol. The van der Waals surface area contributed by atoms with Crippen molar-refractivity contribution >= 4 is 28.8 Å². The molecule has 0 saturated carbocycles. The van der Waals surface area contributed by atoms with Crippen LogP contribution in [-0.2, 0) is 6.54 Å². The Morgan fingerprint density at radius 1 is 1.32 bits per heavy atom. The van der Waals surface area contributed by atoms with E-state index < -0.39 is 0 Å². The van der Waals surface area contributed by atoms with E-state index in [1.807, 2.05) is 0 Å². The van der Waals surface area contributed by atoms with Crippen LogP contribution in [0.2, 0.25) is 0 Å². The van der Waals surface area contributed by atoms with Gasteiger partial charge in [-0.3, -0.25) is 0 Å². The summed E-state index contributed by atoms with van der Waals surface area (Å²) in [5, 5.41) is 2.13. The van der Waals surface area contributed by atoms with Gasteiger partial charge < -0.3 is 10.6 Å². The van der Waals surface area contributed by atoms with Gasteiger partial charge in [-0.25, -0.2) is 0 Å². The zero-order valence-corrected chi connectivity index (χ0v) is 13.2. The summed E-state index contributed by atoms with van der Waals surface area (Å²) in [7, 11) is 2.14. The van der Waals surface area contributed by atoms with Gasteiger partial charge in [0.25, 0.3) is 0 Å². The second kappa shape index (κ2) is 6.46. The van der Waals surface area contributed by atoms with Gasteiger partial charge in [0.05, 0.1) is 6.04 Å². The third-order valence-corrected chi connectivity index (χ3v) is 5.31. The molecule has 0 spiro atoms. The van der Waals surface area contributed by atoms with Gasteiger partial charge in [0, 0.05) is 34.6 Å². The molecule has 19 heavy (non-hydrogen) atoms. The molecule has 1 aromatic carbocycles. The molecule has 1 unspecified atom stereocenters. The molecule has 0 bridgehead atoms. The van der Waals surface area contributed by atoms with E-state index in [1.54, 1.807) is 23.1 Å². The fraction of sp³-hybridized carbons (Fsp3) is 0.333. The molecule has 4 heteroatoms. The molecule has 0 fully saturated rings. The summed E-state index contributed by atoms with van der Waals surface area (Å²) >= 11 is 3.56. The SMILES string of the molecule is CSc1cccc(N(C)C(C)c2cccs2)c1CN. The number of hydrogen-bond acceptors (Lipinski definition) is 4. The quantitative estimate of drug-likeness (QED) is 0.840. The van der Waals surface area contributed by atoms with E-state index >= 15 is 0 Å². The predicted octanol–water partition coefficient (Wildman–Crippen LogP) is 4.13. The molecule has 0 radical (unpaired) electrons. The number of nitrogens with zero attached hydrogens (tertiary/aromatic N) is 1. The van der Waals surface area contributed by atoms with Gasteiger partial charge in [0.15, 0.2) is 0 Å². The number of nitrogens with two attached hydrogens (primary N) is 1. The van der Waals surface area contributed by atoms with Crippen LogP contribution >= 0.6 is 23.1 Å². The van der Waals surface area contributed by atoms with Gasteiger partial charge in [0.2, 0.25) is 0 Å². The Bertz CT molecular complexity index is 523. The predicted molar refractivity (Wildman–Crippen MR) is 87.3 cm³/mol. The molecule has 2 rings (SSSR count). The molecule has 102 valence electrons. The van der Waals surface area contributed by atoms with Crippen LogP contribution in [0, 0.1) is 0 Å². The first-order chi connectivity index (χ1) is 9.19. The summed E-state index contributed by atoms with van der Waals surface area (Å²) in [6.45, 7) is 2.81. The first kappa shape index (κ1) is 14.4. The van der Waals surface area contributed by atoms with Crippen molar-refractivity contribution in [1.29, 1.82) is 0 Å². The maximum Gasteiger partial charge on any atom is 0.0603 e. The summed E-state index contributed by atoms with van der Waals surface area (Å²) in [5.41, 5.74) is 8.41. The third kappa shape index (κ3) is 2.96. The van der Waals surface area contributed by atoms with Crippen molar-refractivity contribution in [3.63, 3.8) is 0 Å². The maximum atomic E-state index is 5.95. The maximum absolute atomic E-state index is 5.95. The van der Waals surface area contributed by atoms with Crippen LogP contribution in [0.5, 0.6) is 0 Å². The zero-order chi connectivity index (χ0) is 13.8. The average Bonchev–Trinajstić information content (AvgIpc) is 2.98. The third-order valence-electron chi connectivity index (χ3n) is 3.45. The highest BCUT2D eigenvalue weighted by molar-refractivity contribution is 7.98. The fourth-order valence-electron chi connectivity index (χ4n) is 2.21. The summed E-state index contributed by atoms with van der Waals surface area (Å²) in [5.74, 6) is 0. The lowest BCUT2D eigenvalue weighted by Gasteiger charge is -2.29. The minimum Gasteiger partial charge on any atom is -0.367 e. The molecule has 0 aliphatic carbocycles. The van der Waals surface area contributed by atoms with Gasteiger partial charge in [-0.2, -0.15) is 0 Å². The van der Waals surface area contributed by atoms with Crippen LogP contribution in [0.3, 0.4) is 0 Å². The fourth-order valence-corrected chi connectivity index (χ4v) is 3.68. The number of rotatable bonds is 5. The van der Waals surface area contributed by atoms with Crippen molar-refractivity contribution in [2.24, 2.45) is 5.73 Å². The molecule has 0 amide bonds. The standard InChI is InChI=1S/C15H20N2S2/c1-11(14-8-5-9-19-14)17(2)13-6-4-7-15(18-3)12(13)10-16/h4-9,11H,10,16H2,1-3H3. The van der Waals surface area contributed by atoms with Crippen LogP contribution in [0.25, 0.3) is 0 Å². The smallest absolute Gasteiger partial charge is 0.0603 e. The Labute approximate surface area is 123 Å². The second-order valence-corrected chi connectivity index (χ2v) is 6.29. The van der Waals surface area contributed by atoms with E-state index in [0.29, 0.717) is 12.6 Å². The molecule has 2 aromatic rings. The van der Waals surface area contributed by atoms with Gasteiger partial charge in [-0.15, -0.1) is 23.1 Å². The lowest BCUT2D eigenvalue weighted by atomic mass is 10.1. The molecule has 2 nitrogen and oxygen atoms in total. The number of hydrogen-bond donors (Lipinski definition) is 1. The summed E-state index contributed by atoms with van der Waals surface area (Å²) in [6.07, 6.45) is 2.10. The van der Waals surface area contributed by atoms with Crippen LogP contribution < -0.4 is 10.6 Å². The number of anilines is 1. The first-order valence-electron chi connectivity index (χ1n) is 6.31. The molecular weight excluding hydrogens is 272 g/mol. The van der Waals surface area contributed by atoms with Gasteiger partial charge in [-0.05, 0) is 36.8 Å². The van der Waals surface area contributed by atoms with Crippen molar-refractivity contribution in [3.8, 4) is 0 Å². The van der Waals surface area contributed by atoms with Crippen molar-refractivity contribution in [1.82, 2.24) is 0 Å². The van der Waals surface area contributed by atoms with E-state index in [0.717, 1.165) is 0 Å². The van der Waals surface area contributed by atoms with Crippen molar-refractivity contribution in [2.75, 3.05) is 18.2 Å². The summed E-state index contributed by atoms with van der Waals surface area (Å²) in [4.78, 5) is 4.96. The molecule has 2 N–H and O–H groups in total. The molecule has 0 aliphatic heterocycles. The lowest BCUT2D eigenvalue weighted by molar-refractivity contribution is 0.746. The molecule has 1 heterocycles. The Hall–Kier alpha value is -0.970. The number of thiophene rings is 1. The Kier molecular flexibility index (Phi) is 4.91. The lowest BCUT2D eigenvalue weighted by Crippen LogP contribution is -2.23. The zero-order valence-electron chi connectivity index (χ0n) is 11.6. The highest BCUT2D eigenvalue weighted by Gasteiger charge is 2.17. The van der Waals surface area contributed by atoms with Crippen molar-refractivity contribution in [3.05, 3.63) is 46.2 Å². The molecular formula is C15H20N2S2. The van der Waals surface area contributed by atoms with Crippen LogP contribution in [0.1, 0.15) is 23.4 Å². The van der Waals surface area contributed by atoms with Crippen LogP contribution in [0.4, 0.5) is 5.69 Å². The Balaban J connectivity index is 2.35. The van der Waals surface area contributed by atoms with E-state index in [4.69, 9.17) is 5.73 Å². The number of thioether (sulfide) groups is 1. The van der Waals surface area contributed by atoms with Crippen molar-refractivity contribution in [2.45, 2.75) is 24.4 Å². The van der Waals surface area contributed by atoms with E-state index in [-0.39, 0.29) is 0 Å². The van der Waals surface area contributed by atoms with Crippen LogP contribution in [0.15, 0.2) is 40.6 Å². The van der Waals surface area contributed by atoms with Crippen LogP contribution in [-0.4, -0.2) is 13.3 Å². The second-order valence-electron chi connectivity index (χ2n) is 4.46. The highest BCUT2D eigenvalue weighted by atomic mass is 32.2. The Morgan fingerprint density at radius 2 is 2.11 bits per heavy atom. The molecule has 0 saturated heterocycles. The van der Waals surface area contributed by atoms with Gasteiger partial charge >= 0.3 is 0 Å². The van der Waals surface area contributed by atoms with E-state index in [1.165, 1.54) is 21.0 Å². The summed E-state index contributed by atoms with van der Waals surface area (Å²) < 4.78 is 0. The minimum absolute atomic E-state index is 0.363. The molecule has 0 aliphatic rings. The summed E-state index contributed by atoms with van der Waals surface area (Å²) in [6, 6.07) is 11.1. The highest BCUT2D eigenvalue weighted by Crippen LogP contribution is 2.34.